The first-order chi connectivity index (χ1) is 13.6. The van der Waals surface area contributed by atoms with E-state index in [0.717, 1.165) is 27.8 Å². The zero-order valence-corrected chi connectivity index (χ0v) is 17.5. The van der Waals surface area contributed by atoms with Crippen LogP contribution in [0.5, 0.6) is 0 Å². The summed E-state index contributed by atoms with van der Waals surface area (Å²) in [6, 6.07) is 13.5. The van der Waals surface area contributed by atoms with Gasteiger partial charge in [0.05, 0.1) is 10.7 Å². The van der Waals surface area contributed by atoms with Gasteiger partial charge in [0.15, 0.2) is 5.76 Å². The molecule has 1 saturated carbocycles. The van der Waals surface area contributed by atoms with Crippen LogP contribution in [0.25, 0.3) is 11.0 Å². The van der Waals surface area contributed by atoms with Crippen molar-refractivity contribution in [1.29, 1.82) is 0 Å². The molecule has 146 valence electrons. The van der Waals surface area contributed by atoms with E-state index in [1.807, 2.05) is 61.2 Å². The number of aryl methyl sites for hydroxylation is 1. The molecule has 0 aliphatic heterocycles. The van der Waals surface area contributed by atoms with Gasteiger partial charge in [-0.05, 0) is 43.5 Å². The van der Waals surface area contributed by atoms with Crippen LogP contribution in [-0.2, 0) is 5.75 Å². The molecule has 0 bridgehead atoms. The Labute approximate surface area is 174 Å². The molecule has 1 fully saturated rings. The van der Waals surface area contributed by atoms with Crippen molar-refractivity contribution >= 4 is 45.9 Å². The Morgan fingerprint density at radius 3 is 2.75 bits per heavy atom. The van der Waals surface area contributed by atoms with Gasteiger partial charge in [0.2, 0.25) is 0 Å². The lowest BCUT2D eigenvalue weighted by molar-refractivity contribution is 0.0998. The summed E-state index contributed by atoms with van der Waals surface area (Å²) in [4.78, 5) is 13.0. The average Bonchev–Trinajstić information content (AvgIpc) is 3.08. The van der Waals surface area contributed by atoms with Gasteiger partial charge in [-0.25, -0.2) is 0 Å². The molecule has 1 aliphatic carbocycles. The first-order valence-electron chi connectivity index (χ1n) is 9.81. The van der Waals surface area contributed by atoms with Crippen molar-refractivity contribution in [3.05, 3.63) is 64.4 Å². The van der Waals surface area contributed by atoms with Gasteiger partial charge < -0.3 is 9.73 Å². The van der Waals surface area contributed by atoms with Crippen molar-refractivity contribution in [3.63, 3.8) is 0 Å². The number of carbonyl (C=O) groups excluding carboxylic acids is 1. The molecule has 0 spiro atoms. The van der Waals surface area contributed by atoms with E-state index < -0.39 is 0 Å². The number of furan rings is 1. The maximum atomic E-state index is 13.0. The zero-order valence-electron chi connectivity index (χ0n) is 16.0. The fourth-order valence-electron chi connectivity index (χ4n) is 3.76. The number of hydrogen-bond acceptors (Lipinski definition) is 3. The second kappa shape index (κ2) is 8.62. The maximum absolute atomic E-state index is 13.0. The third-order valence-corrected chi connectivity index (χ3v) is 7.00. The summed E-state index contributed by atoms with van der Waals surface area (Å²) in [5, 5.41) is 5.14. The number of benzene rings is 2. The van der Waals surface area contributed by atoms with E-state index in [0.29, 0.717) is 21.7 Å². The van der Waals surface area contributed by atoms with Crippen molar-refractivity contribution < 1.29 is 9.21 Å². The first-order valence-corrected chi connectivity index (χ1v) is 11.2. The SMILES string of the molecule is Cc1ccc(NC(=O)c2oc3ccccc3c2CSC2CCCCC2)c(Cl)c1. The lowest BCUT2D eigenvalue weighted by Crippen LogP contribution is -2.14. The molecule has 28 heavy (non-hydrogen) atoms. The van der Waals surface area contributed by atoms with Gasteiger partial charge in [0, 0.05) is 22.0 Å². The number of carbonyl (C=O) groups is 1. The molecule has 3 nitrogen and oxygen atoms in total. The lowest BCUT2D eigenvalue weighted by Gasteiger charge is -2.20. The summed E-state index contributed by atoms with van der Waals surface area (Å²) in [6.07, 6.45) is 6.49. The molecule has 1 heterocycles. The molecule has 1 aromatic heterocycles. The van der Waals surface area contributed by atoms with Crippen LogP contribution in [0.4, 0.5) is 5.69 Å². The van der Waals surface area contributed by atoms with Crippen molar-refractivity contribution in [2.45, 2.75) is 50.0 Å². The average molecular weight is 414 g/mol. The van der Waals surface area contributed by atoms with E-state index in [-0.39, 0.29) is 5.91 Å². The van der Waals surface area contributed by atoms with Gasteiger partial charge in [-0.2, -0.15) is 11.8 Å². The van der Waals surface area contributed by atoms with Crippen LogP contribution in [0.3, 0.4) is 0 Å². The molecule has 2 aromatic carbocycles. The number of hydrogen-bond donors (Lipinski definition) is 1. The minimum absolute atomic E-state index is 0.249. The van der Waals surface area contributed by atoms with Gasteiger partial charge in [-0.1, -0.05) is 55.1 Å². The largest absolute Gasteiger partial charge is 0.451 e. The molecule has 5 heteroatoms. The number of fused-ring (bicyclic) bond motifs is 1. The fourth-order valence-corrected chi connectivity index (χ4v) is 5.40. The molecule has 1 aliphatic rings. The van der Waals surface area contributed by atoms with Gasteiger partial charge in [-0.3, -0.25) is 4.79 Å². The monoisotopic (exact) mass is 413 g/mol. The van der Waals surface area contributed by atoms with Crippen LogP contribution in [0.2, 0.25) is 5.02 Å². The summed E-state index contributed by atoms with van der Waals surface area (Å²) in [5.74, 6) is 0.925. The molecule has 0 radical (unpaired) electrons. The lowest BCUT2D eigenvalue weighted by atomic mass is 10.0. The van der Waals surface area contributed by atoms with Gasteiger partial charge in [0.1, 0.15) is 5.58 Å². The molecule has 1 amide bonds. The molecular weight excluding hydrogens is 390 g/mol. The normalized spacial score (nSPS) is 15.1. The fraction of sp³-hybridized carbons (Fsp3) is 0.348. The van der Waals surface area contributed by atoms with Crippen molar-refractivity contribution in [2.75, 3.05) is 5.32 Å². The molecular formula is C23H24ClNO2S. The molecule has 3 aromatic rings. The standard InChI is InChI=1S/C23H24ClNO2S/c1-15-11-12-20(19(24)13-15)25-23(26)22-18(14-28-16-7-3-2-4-8-16)17-9-5-6-10-21(17)27-22/h5-6,9-13,16H,2-4,7-8,14H2,1H3,(H,25,26). The number of thioether (sulfide) groups is 1. The van der Waals surface area contributed by atoms with Crippen LogP contribution in [-0.4, -0.2) is 11.2 Å². The number of anilines is 1. The third kappa shape index (κ3) is 4.23. The summed E-state index contributed by atoms with van der Waals surface area (Å²) >= 11 is 8.24. The Hall–Kier alpha value is -1.91. The van der Waals surface area contributed by atoms with Crippen LogP contribution >= 0.6 is 23.4 Å². The minimum atomic E-state index is -0.249. The highest BCUT2D eigenvalue weighted by atomic mass is 35.5. The Bertz CT molecular complexity index is 991. The summed E-state index contributed by atoms with van der Waals surface area (Å²) in [5.41, 5.74) is 3.38. The van der Waals surface area contributed by atoms with E-state index in [1.165, 1.54) is 32.1 Å². The smallest absolute Gasteiger partial charge is 0.291 e. The Balaban J connectivity index is 1.60. The molecule has 0 saturated heterocycles. The van der Waals surface area contributed by atoms with Gasteiger partial charge in [-0.15, -0.1) is 0 Å². The number of amides is 1. The van der Waals surface area contributed by atoms with Crippen molar-refractivity contribution in [3.8, 4) is 0 Å². The highest BCUT2D eigenvalue weighted by Gasteiger charge is 2.23. The Morgan fingerprint density at radius 2 is 1.96 bits per heavy atom. The maximum Gasteiger partial charge on any atom is 0.291 e. The number of nitrogens with one attached hydrogen (secondary N) is 1. The minimum Gasteiger partial charge on any atom is -0.451 e. The van der Waals surface area contributed by atoms with Crippen molar-refractivity contribution in [2.24, 2.45) is 0 Å². The van der Waals surface area contributed by atoms with Crippen LogP contribution in [0, 0.1) is 6.92 Å². The van der Waals surface area contributed by atoms with E-state index in [4.69, 9.17) is 16.0 Å². The Morgan fingerprint density at radius 1 is 1.18 bits per heavy atom. The molecule has 0 atom stereocenters. The van der Waals surface area contributed by atoms with Crippen molar-refractivity contribution in [1.82, 2.24) is 0 Å². The first kappa shape index (κ1) is 19.4. The highest BCUT2D eigenvalue weighted by Crippen LogP contribution is 2.35. The second-order valence-electron chi connectivity index (χ2n) is 7.41. The third-order valence-electron chi connectivity index (χ3n) is 5.29. The predicted octanol–water partition coefficient (Wildman–Crippen LogP) is 7.21. The van der Waals surface area contributed by atoms with E-state index in [2.05, 4.69) is 5.32 Å². The van der Waals surface area contributed by atoms with E-state index in [1.54, 1.807) is 0 Å². The number of rotatable bonds is 5. The van der Waals surface area contributed by atoms with Crippen LogP contribution < -0.4 is 5.32 Å². The molecule has 0 unspecified atom stereocenters. The summed E-state index contributed by atoms with van der Waals surface area (Å²) in [7, 11) is 0. The molecule has 1 N–H and O–H groups in total. The van der Waals surface area contributed by atoms with Gasteiger partial charge >= 0.3 is 0 Å². The van der Waals surface area contributed by atoms with Crippen LogP contribution in [0.1, 0.15) is 53.8 Å². The Kier molecular flexibility index (Phi) is 5.98. The highest BCUT2D eigenvalue weighted by molar-refractivity contribution is 7.99. The van der Waals surface area contributed by atoms with Crippen LogP contribution in [0.15, 0.2) is 46.9 Å². The quantitative estimate of drug-likeness (QED) is 0.480. The second-order valence-corrected chi connectivity index (χ2v) is 9.11. The zero-order chi connectivity index (χ0) is 19.5. The van der Waals surface area contributed by atoms with E-state index >= 15 is 0 Å². The number of para-hydroxylation sites is 1. The summed E-state index contributed by atoms with van der Waals surface area (Å²) < 4.78 is 5.97. The predicted molar refractivity (Wildman–Crippen MR) is 119 cm³/mol. The summed E-state index contributed by atoms with van der Waals surface area (Å²) in [6.45, 7) is 1.97. The topological polar surface area (TPSA) is 42.2 Å². The molecule has 4 rings (SSSR count). The number of halogens is 1. The van der Waals surface area contributed by atoms with Gasteiger partial charge in [0.25, 0.3) is 5.91 Å². The van der Waals surface area contributed by atoms with E-state index in [9.17, 15) is 4.79 Å².